The molecule has 0 bridgehead atoms. The molecule has 86 valence electrons. The lowest BCUT2D eigenvalue weighted by atomic mass is 10.1. The molecule has 0 heterocycles. The van der Waals surface area contributed by atoms with Crippen molar-refractivity contribution in [1.82, 2.24) is 0 Å². The molecule has 4 heteroatoms. The standard InChI is InChI=1S/C10H22O3S/c1-2-3-4-5-6-7-8-9(14)10(11,12)13/h9,11-14H,2-8H2,1H3. The van der Waals surface area contributed by atoms with Crippen LogP contribution in [0.2, 0.25) is 0 Å². The fourth-order valence-corrected chi connectivity index (χ4v) is 1.49. The van der Waals surface area contributed by atoms with Gasteiger partial charge in [0.05, 0.1) is 5.25 Å². The first-order valence-electron chi connectivity index (χ1n) is 5.33. The number of hydrogen-bond donors (Lipinski definition) is 4. The van der Waals surface area contributed by atoms with E-state index in [4.69, 9.17) is 15.3 Å². The third-order valence-corrected chi connectivity index (χ3v) is 2.88. The molecule has 0 aliphatic heterocycles. The SMILES string of the molecule is CCCCCCCCC(S)C(O)(O)O. The Labute approximate surface area is 91.6 Å². The van der Waals surface area contributed by atoms with Crippen molar-refractivity contribution < 1.29 is 15.3 Å². The summed E-state index contributed by atoms with van der Waals surface area (Å²) in [7, 11) is 0. The van der Waals surface area contributed by atoms with Gasteiger partial charge in [-0.1, -0.05) is 45.4 Å². The maximum atomic E-state index is 8.76. The Balaban J connectivity index is 3.28. The van der Waals surface area contributed by atoms with Crippen molar-refractivity contribution in [3.05, 3.63) is 0 Å². The van der Waals surface area contributed by atoms with E-state index >= 15 is 0 Å². The van der Waals surface area contributed by atoms with Gasteiger partial charge in [0.1, 0.15) is 0 Å². The lowest BCUT2D eigenvalue weighted by molar-refractivity contribution is -0.310. The van der Waals surface area contributed by atoms with Crippen molar-refractivity contribution >= 4 is 12.6 Å². The Hall–Kier alpha value is 0.230. The first-order valence-corrected chi connectivity index (χ1v) is 5.85. The molecule has 0 aromatic rings. The molecule has 14 heavy (non-hydrogen) atoms. The fraction of sp³-hybridized carbons (Fsp3) is 1.00. The van der Waals surface area contributed by atoms with Crippen LogP contribution in [0.1, 0.15) is 51.9 Å². The maximum Gasteiger partial charge on any atom is 0.287 e. The zero-order chi connectivity index (χ0) is 11.0. The summed E-state index contributed by atoms with van der Waals surface area (Å²) in [5.41, 5.74) is 0. The topological polar surface area (TPSA) is 60.7 Å². The van der Waals surface area contributed by atoms with Crippen molar-refractivity contribution in [3.8, 4) is 0 Å². The monoisotopic (exact) mass is 222 g/mol. The van der Waals surface area contributed by atoms with Crippen LogP contribution in [0.15, 0.2) is 0 Å². The zero-order valence-corrected chi connectivity index (χ0v) is 9.71. The second-order valence-electron chi connectivity index (χ2n) is 3.76. The van der Waals surface area contributed by atoms with Crippen LogP contribution in [-0.4, -0.2) is 26.5 Å². The molecule has 0 aliphatic rings. The van der Waals surface area contributed by atoms with Crippen molar-refractivity contribution in [2.45, 2.75) is 63.1 Å². The van der Waals surface area contributed by atoms with Crippen molar-refractivity contribution in [2.24, 2.45) is 0 Å². The summed E-state index contributed by atoms with van der Waals surface area (Å²) in [4.78, 5) is 0. The highest BCUT2D eigenvalue weighted by atomic mass is 32.1. The Bertz CT molecular complexity index is 134. The van der Waals surface area contributed by atoms with Gasteiger partial charge in [-0.2, -0.15) is 12.6 Å². The molecule has 3 N–H and O–H groups in total. The minimum Gasteiger partial charge on any atom is -0.343 e. The van der Waals surface area contributed by atoms with Crippen LogP contribution in [-0.2, 0) is 0 Å². The van der Waals surface area contributed by atoms with Crippen molar-refractivity contribution in [3.63, 3.8) is 0 Å². The largest absolute Gasteiger partial charge is 0.343 e. The van der Waals surface area contributed by atoms with Crippen LogP contribution in [0.5, 0.6) is 0 Å². The molecule has 3 nitrogen and oxygen atoms in total. The van der Waals surface area contributed by atoms with E-state index in [1.54, 1.807) is 0 Å². The average Bonchev–Trinajstić information content (AvgIpc) is 2.09. The summed E-state index contributed by atoms with van der Waals surface area (Å²) in [5.74, 6) is -2.63. The first kappa shape index (κ1) is 14.2. The zero-order valence-electron chi connectivity index (χ0n) is 8.82. The van der Waals surface area contributed by atoms with Gasteiger partial charge in [-0.25, -0.2) is 0 Å². The highest BCUT2D eigenvalue weighted by molar-refractivity contribution is 7.81. The first-order chi connectivity index (χ1) is 6.48. The van der Waals surface area contributed by atoms with Crippen LogP contribution in [0, 0.1) is 0 Å². The van der Waals surface area contributed by atoms with Crippen LogP contribution in [0.4, 0.5) is 0 Å². The summed E-state index contributed by atoms with van der Waals surface area (Å²) in [6.45, 7) is 2.17. The minimum atomic E-state index is -2.63. The third kappa shape index (κ3) is 7.62. The molecule has 0 amide bonds. The summed E-state index contributed by atoms with van der Waals surface area (Å²) < 4.78 is 0. The smallest absolute Gasteiger partial charge is 0.287 e. The van der Waals surface area contributed by atoms with E-state index in [2.05, 4.69) is 19.6 Å². The molecule has 0 aliphatic carbocycles. The molecule has 1 unspecified atom stereocenters. The van der Waals surface area contributed by atoms with Crippen LogP contribution in [0.3, 0.4) is 0 Å². The van der Waals surface area contributed by atoms with E-state index in [-0.39, 0.29) is 0 Å². The normalized spacial score (nSPS) is 14.4. The number of unbranched alkanes of at least 4 members (excludes halogenated alkanes) is 5. The fourth-order valence-electron chi connectivity index (χ4n) is 1.31. The summed E-state index contributed by atoms with van der Waals surface area (Å²) >= 11 is 3.90. The van der Waals surface area contributed by atoms with E-state index in [1.165, 1.54) is 25.7 Å². The maximum absolute atomic E-state index is 8.76. The molecule has 0 spiro atoms. The van der Waals surface area contributed by atoms with Gasteiger partial charge in [0, 0.05) is 0 Å². The van der Waals surface area contributed by atoms with Gasteiger partial charge in [0.25, 0.3) is 5.97 Å². The Kier molecular flexibility index (Phi) is 7.64. The molecule has 0 saturated heterocycles. The van der Waals surface area contributed by atoms with E-state index < -0.39 is 11.2 Å². The molecule has 0 aromatic carbocycles. The van der Waals surface area contributed by atoms with Crippen molar-refractivity contribution in [2.75, 3.05) is 0 Å². The van der Waals surface area contributed by atoms with E-state index in [1.807, 2.05) is 0 Å². The lowest BCUT2D eigenvalue weighted by Crippen LogP contribution is -2.38. The molecular formula is C10H22O3S. The van der Waals surface area contributed by atoms with Gasteiger partial charge in [0.15, 0.2) is 0 Å². The summed E-state index contributed by atoms with van der Waals surface area (Å²) in [6, 6.07) is 0. The third-order valence-electron chi connectivity index (χ3n) is 2.28. The molecular weight excluding hydrogens is 200 g/mol. The van der Waals surface area contributed by atoms with Gasteiger partial charge in [-0.15, -0.1) is 0 Å². The molecule has 0 rings (SSSR count). The van der Waals surface area contributed by atoms with Crippen molar-refractivity contribution in [1.29, 1.82) is 0 Å². The number of aliphatic hydroxyl groups is 3. The predicted molar refractivity (Wildman–Crippen MR) is 60.2 cm³/mol. The number of rotatable bonds is 8. The second-order valence-corrected chi connectivity index (χ2v) is 4.38. The molecule has 0 radical (unpaired) electrons. The molecule has 1 atom stereocenters. The Morgan fingerprint density at radius 1 is 1.00 bits per heavy atom. The van der Waals surface area contributed by atoms with Gasteiger partial charge >= 0.3 is 0 Å². The highest BCUT2D eigenvalue weighted by Crippen LogP contribution is 2.17. The van der Waals surface area contributed by atoms with Gasteiger partial charge in [0.2, 0.25) is 0 Å². The minimum absolute atomic E-state index is 0.527. The van der Waals surface area contributed by atoms with Gasteiger partial charge in [-0.05, 0) is 6.42 Å². The second kappa shape index (κ2) is 7.51. The van der Waals surface area contributed by atoms with E-state index in [0.717, 1.165) is 12.8 Å². The molecule has 0 aromatic heterocycles. The van der Waals surface area contributed by atoms with E-state index in [0.29, 0.717) is 6.42 Å². The van der Waals surface area contributed by atoms with E-state index in [9.17, 15) is 0 Å². The lowest BCUT2D eigenvalue weighted by Gasteiger charge is -2.21. The molecule has 0 saturated carbocycles. The number of thiol groups is 1. The van der Waals surface area contributed by atoms with Crippen LogP contribution >= 0.6 is 12.6 Å². The van der Waals surface area contributed by atoms with Gasteiger partial charge in [-0.3, -0.25) is 0 Å². The Morgan fingerprint density at radius 3 is 2.00 bits per heavy atom. The molecule has 0 fully saturated rings. The summed E-state index contributed by atoms with van der Waals surface area (Å²) in [6.07, 6.45) is 7.35. The predicted octanol–water partition coefficient (Wildman–Crippen LogP) is 1.67. The van der Waals surface area contributed by atoms with Gasteiger partial charge < -0.3 is 15.3 Å². The number of hydrogen-bond acceptors (Lipinski definition) is 4. The Morgan fingerprint density at radius 2 is 1.50 bits per heavy atom. The average molecular weight is 222 g/mol. The van der Waals surface area contributed by atoms with Crippen LogP contribution in [0.25, 0.3) is 0 Å². The highest BCUT2D eigenvalue weighted by Gasteiger charge is 2.27. The quantitative estimate of drug-likeness (QED) is 0.287. The summed E-state index contributed by atoms with van der Waals surface area (Å²) in [5, 5.41) is 25.5. The van der Waals surface area contributed by atoms with Crippen LogP contribution < -0.4 is 0 Å².